The molecule has 1 unspecified atom stereocenters. The van der Waals surface area contributed by atoms with Gasteiger partial charge in [0.1, 0.15) is 22.9 Å². The fraction of sp³-hybridized carbons (Fsp3) is 0.333. The molecule has 8 nitrogen and oxygen atoms in total. The van der Waals surface area contributed by atoms with Crippen LogP contribution in [0.3, 0.4) is 0 Å². The van der Waals surface area contributed by atoms with E-state index in [0.29, 0.717) is 33.8 Å². The van der Waals surface area contributed by atoms with Gasteiger partial charge in [0.15, 0.2) is 33.1 Å². The molecule has 3 aromatic rings. The van der Waals surface area contributed by atoms with Crippen molar-refractivity contribution < 1.29 is 36.9 Å². The Morgan fingerprint density at radius 2 is 1.70 bits per heavy atom. The minimum Gasteiger partial charge on any atom is -0.494 e. The lowest BCUT2D eigenvalue weighted by Gasteiger charge is -2.24. The number of nitrogens with zero attached hydrogens (tertiary/aromatic N) is 1. The fourth-order valence-electron chi connectivity index (χ4n) is 3.67. The minimum absolute atomic E-state index is 0.00159. The number of carbonyl (C=O) groups is 1. The SMILES string of the molecule is COc1cc(C(=O)CCC(C)(O)c2ccc(OC)c(-c3ccc(F)c(C)c3)n2)ccc1OCS(C)(=O)=O. The number of pyridine rings is 1. The van der Waals surface area contributed by atoms with Crippen LogP contribution in [-0.4, -0.2) is 50.7 Å². The van der Waals surface area contributed by atoms with Crippen LogP contribution < -0.4 is 14.2 Å². The molecule has 0 aliphatic heterocycles. The van der Waals surface area contributed by atoms with Gasteiger partial charge < -0.3 is 19.3 Å². The molecule has 10 heteroatoms. The first-order valence-electron chi connectivity index (χ1n) is 11.4. The normalized spacial score (nSPS) is 13.1. The summed E-state index contributed by atoms with van der Waals surface area (Å²) in [6, 6.07) is 12.3. The molecule has 1 heterocycles. The second-order valence-corrected chi connectivity index (χ2v) is 11.0. The lowest BCUT2D eigenvalue weighted by molar-refractivity contribution is 0.0397. The summed E-state index contributed by atoms with van der Waals surface area (Å²) >= 11 is 0. The second-order valence-electron chi connectivity index (χ2n) is 8.96. The Hall–Kier alpha value is -3.50. The topological polar surface area (TPSA) is 112 Å². The smallest absolute Gasteiger partial charge is 0.189 e. The van der Waals surface area contributed by atoms with Crippen molar-refractivity contribution in [2.75, 3.05) is 26.4 Å². The van der Waals surface area contributed by atoms with Crippen LogP contribution in [0, 0.1) is 12.7 Å². The number of Topliss-reactive ketones (excluding diaryl/α,β-unsaturated/α-hetero) is 1. The van der Waals surface area contributed by atoms with Crippen molar-refractivity contribution in [2.24, 2.45) is 0 Å². The number of sulfone groups is 1. The molecule has 0 radical (unpaired) electrons. The van der Waals surface area contributed by atoms with E-state index in [0.717, 1.165) is 6.26 Å². The maximum Gasteiger partial charge on any atom is 0.189 e. The van der Waals surface area contributed by atoms with Crippen molar-refractivity contribution in [3.63, 3.8) is 0 Å². The number of carbonyl (C=O) groups excluding carboxylic acids is 1. The van der Waals surface area contributed by atoms with Gasteiger partial charge in [0.25, 0.3) is 0 Å². The number of rotatable bonds is 11. The predicted octanol–water partition coefficient (Wildman–Crippen LogP) is 4.46. The number of hydrogen-bond acceptors (Lipinski definition) is 8. The number of aromatic nitrogens is 1. The van der Waals surface area contributed by atoms with E-state index < -0.39 is 21.4 Å². The molecular weight excluding hydrogens is 501 g/mol. The van der Waals surface area contributed by atoms with Crippen LogP contribution in [0.2, 0.25) is 0 Å². The highest BCUT2D eigenvalue weighted by molar-refractivity contribution is 7.90. The third kappa shape index (κ3) is 7.05. The standard InChI is InChI=1S/C27H30FNO7S/c1-17-14-19(6-8-20(17)28)26-23(34-3)10-11-25(29-26)27(2,31)13-12-21(30)18-7-9-22(24(15-18)35-4)36-16-37(5,32)33/h6-11,14-15,31H,12-13,16H2,1-5H3. The number of methoxy groups -OCH3 is 2. The van der Waals surface area contributed by atoms with Crippen molar-refractivity contribution in [3.05, 3.63) is 71.2 Å². The molecule has 0 spiro atoms. The summed E-state index contributed by atoms with van der Waals surface area (Å²) in [7, 11) is -0.472. The Bertz CT molecular complexity index is 1400. The Kier molecular flexibility index (Phi) is 8.55. The summed E-state index contributed by atoms with van der Waals surface area (Å²) < 4.78 is 52.4. The minimum atomic E-state index is -3.36. The van der Waals surface area contributed by atoms with Gasteiger partial charge in [-0.3, -0.25) is 4.79 Å². The fourth-order valence-corrected chi connectivity index (χ4v) is 4.01. The zero-order chi connectivity index (χ0) is 27.4. The van der Waals surface area contributed by atoms with E-state index in [-0.39, 0.29) is 35.9 Å². The van der Waals surface area contributed by atoms with Crippen LogP contribution in [0.15, 0.2) is 48.5 Å². The molecule has 0 saturated heterocycles. The quantitative estimate of drug-likeness (QED) is 0.361. The highest BCUT2D eigenvalue weighted by Crippen LogP contribution is 2.34. The van der Waals surface area contributed by atoms with E-state index in [9.17, 15) is 22.7 Å². The highest BCUT2D eigenvalue weighted by atomic mass is 32.2. The van der Waals surface area contributed by atoms with Crippen LogP contribution in [-0.2, 0) is 15.4 Å². The van der Waals surface area contributed by atoms with E-state index in [1.807, 2.05) is 0 Å². The third-order valence-electron chi connectivity index (χ3n) is 5.81. The number of halogens is 1. The molecule has 1 atom stereocenters. The lowest BCUT2D eigenvalue weighted by atomic mass is 9.92. The summed E-state index contributed by atoms with van der Waals surface area (Å²) in [6.07, 6.45) is 1.12. The molecule has 3 rings (SSSR count). The van der Waals surface area contributed by atoms with Gasteiger partial charge in [-0.05, 0) is 74.4 Å². The van der Waals surface area contributed by atoms with Gasteiger partial charge in [0.2, 0.25) is 0 Å². The maximum atomic E-state index is 13.8. The first-order chi connectivity index (χ1) is 17.3. The van der Waals surface area contributed by atoms with Gasteiger partial charge >= 0.3 is 0 Å². The van der Waals surface area contributed by atoms with E-state index in [1.165, 1.54) is 38.5 Å². The monoisotopic (exact) mass is 531 g/mol. The zero-order valence-electron chi connectivity index (χ0n) is 21.4. The maximum absolute atomic E-state index is 13.8. The summed E-state index contributed by atoms with van der Waals surface area (Å²) in [4.78, 5) is 17.5. The number of aryl methyl sites for hydroxylation is 1. The molecule has 0 fully saturated rings. The van der Waals surface area contributed by atoms with Gasteiger partial charge in [-0.1, -0.05) is 0 Å². The largest absolute Gasteiger partial charge is 0.494 e. The molecule has 0 aliphatic carbocycles. The lowest BCUT2D eigenvalue weighted by Crippen LogP contribution is -2.24. The molecule has 1 aromatic heterocycles. The Balaban J connectivity index is 1.79. The molecule has 0 bridgehead atoms. The van der Waals surface area contributed by atoms with Gasteiger partial charge in [-0.15, -0.1) is 0 Å². The molecular formula is C27H30FNO7S. The van der Waals surface area contributed by atoms with E-state index in [2.05, 4.69) is 4.98 Å². The van der Waals surface area contributed by atoms with Crippen molar-refractivity contribution in [1.29, 1.82) is 0 Å². The number of aliphatic hydroxyl groups is 1. The molecule has 0 amide bonds. The predicted molar refractivity (Wildman–Crippen MR) is 137 cm³/mol. The Morgan fingerprint density at radius 1 is 1.03 bits per heavy atom. The number of ketones is 1. The summed E-state index contributed by atoms with van der Waals surface area (Å²) in [5, 5.41) is 11.2. The van der Waals surface area contributed by atoms with Crippen molar-refractivity contribution in [1.82, 2.24) is 4.98 Å². The summed E-state index contributed by atoms with van der Waals surface area (Å²) in [6.45, 7) is 3.22. The number of ether oxygens (including phenoxy) is 3. The number of hydrogen-bond donors (Lipinski definition) is 1. The van der Waals surface area contributed by atoms with Crippen molar-refractivity contribution in [2.45, 2.75) is 32.3 Å². The van der Waals surface area contributed by atoms with Gasteiger partial charge in [-0.25, -0.2) is 17.8 Å². The third-order valence-corrected chi connectivity index (χ3v) is 6.36. The van der Waals surface area contributed by atoms with Crippen LogP contribution in [0.25, 0.3) is 11.3 Å². The first-order valence-corrected chi connectivity index (χ1v) is 13.5. The van der Waals surface area contributed by atoms with Gasteiger partial charge in [0.05, 0.1) is 19.9 Å². The van der Waals surface area contributed by atoms with E-state index in [1.54, 1.807) is 38.1 Å². The first kappa shape index (κ1) is 28.1. The van der Waals surface area contributed by atoms with E-state index in [4.69, 9.17) is 14.2 Å². The molecule has 37 heavy (non-hydrogen) atoms. The highest BCUT2D eigenvalue weighted by Gasteiger charge is 2.28. The molecule has 0 saturated carbocycles. The van der Waals surface area contributed by atoms with Gasteiger partial charge in [-0.2, -0.15) is 0 Å². The Morgan fingerprint density at radius 3 is 2.32 bits per heavy atom. The molecule has 2 aromatic carbocycles. The number of benzene rings is 2. The summed E-state index contributed by atoms with van der Waals surface area (Å²) in [5.41, 5.74) is 0.741. The van der Waals surface area contributed by atoms with Crippen LogP contribution in [0.1, 0.15) is 41.4 Å². The van der Waals surface area contributed by atoms with Crippen molar-refractivity contribution >= 4 is 15.6 Å². The zero-order valence-corrected chi connectivity index (χ0v) is 22.2. The van der Waals surface area contributed by atoms with Crippen LogP contribution >= 0.6 is 0 Å². The average Bonchev–Trinajstić information content (AvgIpc) is 2.86. The second kappa shape index (κ2) is 11.3. The molecule has 1 N–H and O–H groups in total. The molecule has 198 valence electrons. The average molecular weight is 532 g/mol. The van der Waals surface area contributed by atoms with Gasteiger partial charge in [0, 0.05) is 23.8 Å². The van der Waals surface area contributed by atoms with Crippen LogP contribution in [0.4, 0.5) is 4.39 Å². The van der Waals surface area contributed by atoms with Crippen molar-refractivity contribution in [3.8, 4) is 28.5 Å². The summed E-state index contributed by atoms with van der Waals surface area (Å²) in [5.74, 6) is -0.229. The Labute approximate surface area is 216 Å². The molecule has 0 aliphatic rings. The van der Waals surface area contributed by atoms with E-state index >= 15 is 0 Å². The van der Waals surface area contributed by atoms with Crippen LogP contribution in [0.5, 0.6) is 17.2 Å².